The Morgan fingerprint density at radius 3 is 2.44 bits per heavy atom. The number of amides is 2. The minimum absolute atomic E-state index is 0.154. The van der Waals surface area contributed by atoms with Crippen molar-refractivity contribution in [3.05, 3.63) is 84.2 Å². The van der Waals surface area contributed by atoms with Crippen molar-refractivity contribution in [2.45, 2.75) is 58.9 Å². The predicted octanol–water partition coefficient (Wildman–Crippen LogP) is 8.24. The third kappa shape index (κ3) is 8.88. The fourth-order valence-electron chi connectivity index (χ4n) is 5.45. The monoisotopic (exact) mass is 680 g/mol. The molecule has 254 valence electrons. The summed E-state index contributed by atoms with van der Waals surface area (Å²) >= 11 is 1.59. The molecule has 2 atom stereocenters. The molecule has 2 unspecified atom stereocenters. The Morgan fingerprint density at radius 1 is 1.06 bits per heavy atom. The van der Waals surface area contributed by atoms with E-state index in [1.807, 2.05) is 36.4 Å². The number of anilines is 1. The first-order valence-corrected chi connectivity index (χ1v) is 16.7. The number of urea groups is 1. The molecule has 1 N–H and O–H groups in total. The number of carbonyl (C=O) groups excluding carboxylic acids is 1. The molecule has 5 rings (SSSR count). The van der Waals surface area contributed by atoms with Crippen molar-refractivity contribution in [3.8, 4) is 28.6 Å². The quantitative estimate of drug-likeness (QED) is 0.180. The van der Waals surface area contributed by atoms with Gasteiger partial charge in [-0.1, -0.05) is 62.9 Å². The number of methoxy groups -OCH3 is 1. The van der Waals surface area contributed by atoms with Gasteiger partial charge >= 0.3 is 12.4 Å². The highest BCUT2D eigenvalue weighted by atomic mass is 32.2. The van der Waals surface area contributed by atoms with Crippen molar-refractivity contribution < 1.29 is 27.4 Å². The van der Waals surface area contributed by atoms with Gasteiger partial charge in [-0.2, -0.15) is 4.99 Å². The Kier molecular flexibility index (Phi) is 11.0. The normalized spacial score (nSPS) is 16.6. The summed E-state index contributed by atoms with van der Waals surface area (Å²) in [5.41, 5.74) is 4.63. The standard InChI is InChI=1S/C35H39F3N6O3S/c1-22(2)30-15-14-29(46-5)19-31(30)44-24(4)16-17-48-34(44)41-33(45)39-20-23(3)18-25-6-8-26(9-7-25)32-40-21-43(42-32)27-10-12-28(13-11-27)47-35(36,37)38/h6-15,19,21-24H,16-18,20H2,1-5H3,(H,39,45)/b41-34-. The lowest BCUT2D eigenvalue weighted by molar-refractivity contribution is -0.274. The zero-order chi connectivity index (χ0) is 34.4. The molecule has 2 heterocycles. The second kappa shape index (κ2) is 15.1. The summed E-state index contributed by atoms with van der Waals surface area (Å²) in [5.74, 6) is 2.27. The van der Waals surface area contributed by atoms with Crippen LogP contribution in [0.4, 0.5) is 23.7 Å². The Bertz CT molecular complexity index is 1720. The highest BCUT2D eigenvalue weighted by molar-refractivity contribution is 8.14. The van der Waals surface area contributed by atoms with E-state index in [-0.39, 0.29) is 23.7 Å². The Labute approximate surface area is 282 Å². The van der Waals surface area contributed by atoms with E-state index in [9.17, 15) is 18.0 Å². The number of halogens is 3. The molecule has 3 aromatic carbocycles. The van der Waals surface area contributed by atoms with Gasteiger partial charge in [0.25, 0.3) is 0 Å². The molecule has 9 nitrogen and oxygen atoms in total. The van der Waals surface area contributed by atoms with E-state index < -0.39 is 6.36 Å². The van der Waals surface area contributed by atoms with Crippen LogP contribution in [0.3, 0.4) is 0 Å². The van der Waals surface area contributed by atoms with Crippen molar-refractivity contribution >= 4 is 28.6 Å². The van der Waals surface area contributed by atoms with Gasteiger partial charge in [-0.3, -0.25) is 0 Å². The van der Waals surface area contributed by atoms with Crippen LogP contribution in [0, 0.1) is 5.92 Å². The number of nitrogens with zero attached hydrogens (tertiary/aromatic N) is 5. The molecule has 4 aromatic rings. The number of aliphatic imine (C=N–C) groups is 1. The molecule has 1 aliphatic heterocycles. The lowest BCUT2D eigenvalue weighted by Gasteiger charge is -2.37. The number of hydrogen-bond donors (Lipinski definition) is 1. The largest absolute Gasteiger partial charge is 0.573 e. The van der Waals surface area contributed by atoms with Gasteiger partial charge in [-0.05, 0) is 73.1 Å². The van der Waals surface area contributed by atoms with Crippen molar-refractivity contribution in [2.24, 2.45) is 10.9 Å². The van der Waals surface area contributed by atoms with Gasteiger partial charge in [-0.25, -0.2) is 14.5 Å². The van der Waals surface area contributed by atoms with Crippen LogP contribution in [0.5, 0.6) is 11.5 Å². The van der Waals surface area contributed by atoms with Gasteiger partial charge in [0, 0.05) is 30.0 Å². The molecular formula is C35H39F3N6O3S. The van der Waals surface area contributed by atoms with E-state index in [1.165, 1.54) is 40.8 Å². The molecule has 13 heteroatoms. The molecular weight excluding hydrogens is 641 g/mol. The van der Waals surface area contributed by atoms with Gasteiger partial charge in [0.1, 0.15) is 17.8 Å². The first-order valence-electron chi connectivity index (χ1n) is 15.7. The molecule has 0 spiro atoms. The average molecular weight is 681 g/mol. The second-order valence-electron chi connectivity index (χ2n) is 12.1. The van der Waals surface area contributed by atoms with Gasteiger partial charge in [-0.15, -0.1) is 18.3 Å². The smallest absolute Gasteiger partial charge is 0.497 e. The summed E-state index contributed by atoms with van der Waals surface area (Å²) in [6.45, 7) is 9.01. The summed E-state index contributed by atoms with van der Waals surface area (Å²) in [4.78, 5) is 24.1. The Balaban J connectivity index is 1.18. The van der Waals surface area contributed by atoms with E-state index in [0.29, 0.717) is 29.1 Å². The summed E-state index contributed by atoms with van der Waals surface area (Å²) in [7, 11) is 1.65. The number of rotatable bonds is 10. The number of benzene rings is 3. The van der Waals surface area contributed by atoms with E-state index in [1.54, 1.807) is 18.9 Å². The maximum atomic E-state index is 13.0. The first-order chi connectivity index (χ1) is 22.9. The second-order valence-corrected chi connectivity index (χ2v) is 13.1. The molecule has 0 saturated carbocycles. The van der Waals surface area contributed by atoms with Crippen LogP contribution in [-0.2, 0) is 6.42 Å². The fraction of sp³-hybridized carbons (Fsp3) is 0.371. The topological polar surface area (TPSA) is 93.9 Å². The van der Waals surface area contributed by atoms with Crippen LogP contribution in [0.2, 0.25) is 0 Å². The molecule has 0 radical (unpaired) electrons. The summed E-state index contributed by atoms with van der Waals surface area (Å²) in [6.07, 6.45) is -1.53. The number of nitrogens with one attached hydrogen (secondary N) is 1. The highest BCUT2D eigenvalue weighted by Gasteiger charge is 2.31. The number of carbonyl (C=O) groups is 1. The van der Waals surface area contributed by atoms with Crippen molar-refractivity contribution in [1.29, 1.82) is 0 Å². The summed E-state index contributed by atoms with van der Waals surface area (Å²) in [6, 6.07) is 19.1. The molecule has 1 aromatic heterocycles. The van der Waals surface area contributed by atoms with Crippen LogP contribution < -0.4 is 19.7 Å². The van der Waals surface area contributed by atoms with Crippen molar-refractivity contribution in [1.82, 2.24) is 20.1 Å². The van der Waals surface area contributed by atoms with E-state index in [4.69, 9.17) is 4.74 Å². The number of thioether (sulfide) groups is 1. The van der Waals surface area contributed by atoms with Crippen LogP contribution in [-0.4, -0.2) is 57.8 Å². The van der Waals surface area contributed by atoms with Gasteiger partial charge in [0.15, 0.2) is 11.0 Å². The SMILES string of the molecule is COc1ccc(C(C)C)c(N2/C(=N/C(=O)NCC(C)Cc3ccc(-c4ncn(-c5ccc(OC(F)(F)F)cc5)n4)cc3)SCCC2C)c1. The number of amidine groups is 1. The first kappa shape index (κ1) is 34.8. The van der Waals surface area contributed by atoms with Gasteiger partial charge in [0.05, 0.1) is 18.5 Å². The Morgan fingerprint density at radius 2 is 1.77 bits per heavy atom. The highest BCUT2D eigenvalue weighted by Crippen LogP contribution is 2.37. The lowest BCUT2D eigenvalue weighted by atomic mass is 9.99. The van der Waals surface area contributed by atoms with E-state index >= 15 is 0 Å². The maximum Gasteiger partial charge on any atom is 0.573 e. The van der Waals surface area contributed by atoms with Crippen LogP contribution in [0.15, 0.2) is 78.0 Å². The molecule has 2 amide bonds. The molecule has 1 aliphatic rings. The third-order valence-corrected chi connectivity index (χ3v) is 8.94. The van der Waals surface area contributed by atoms with Crippen LogP contribution >= 0.6 is 11.8 Å². The number of alkyl halides is 3. The molecule has 1 saturated heterocycles. The average Bonchev–Trinajstić information content (AvgIpc) is 3.54. The maximum absolute atomic E-state index is 13.0. The molecule has 0 bridgehead atoms. The van der Waals surface area contributed by atoms with Gasteiger partial charge in [0.2, 0.25) is 0 Å². The minimum atomic E-state index is -4.75. The fourth-order valence-corrected chi connectivity index (χ4v) is 6.66. The Hall–Kier alpha value is -4.52. The predicted molar refractivity (Wildman–Crippen MR) is 183 cm³/mol. The van der Waals surface area contributed by atoms with E-state index in [0.717, 1.165) is 41.2 Å². The summed E-state index contributed by atoms with van der Waals surface area (Å²) < 4.78 is 48.3. The zero-order valence-electron chi connectivity index (χ0n) is 27.5. The number of aromatic nitrogens is 3. The molecule has 0 aliphatic carbocycles. The van der Waals surface area contributed by atoms with Crippen molar-refractivity contribution in [3.63, 3.8) is 0 Å². The molecule has 1 fully saturated rings. The van der Waals surface area contributed by atoms with Crippen LogP contribution in [0.25, 0.3) is 17.1 Å². The van der Waals surface area contributed by atoms with Crippen LogP contribution in [0.1, 0.15) is 51.2 Å². The number of ether oxygens (including phenoxy) is 2. The van der Waals surface area contributed by atoms with Gasteiger partial charge < -0.3 is 19.7 Å². The molecule has 48 heavy (non-hydrogen) atoms. The third-order valence-electron chi connectivity index (χ3n) is 7.95. The van der Waals surface area contributed by atoms with Crippen molar-refractivity contribution in [2.75, 3.05) is 24.3 Å². The minimum Gasteiger partial charge on any atom is -0.497 e. The number of hydrogen-bond acceptors (Lipinski definition) is 6. The zero-order valence-corrected chi connectivity index (χ0v) is 28.3. The van der Waals surface area contributed by atoms with E-state index in [2.05, 4.69) is 63.8 Å². The lowest BCUT2D eigenvalue weighted by Crippen LogP contribution is -2.43. The summed E-state index contributed by atoms with van der Waals surface area (Å²) in [5, 5.41) is 8.14.